The monoisotopic (exact) mass is 596 g/mol. The lowest BCUT2D eigenvalue weighted by atomic mass is 9.41. The summed E-state index contributed by atoms with van der Waals surface area (Å²) in [6.45, 7) is 4.51. The number of hydrogen-bond donors (Lipinski definition) is 0. The van der Waals surface area contributed by atoms with E-state index in [2.05, 4.69) is 15.1 Å². The van der Waals surface area contributed by atoms with Crippen molar-refractivity contribution in [2.24, 2.45) is 10.8 Å². The normalized spacial score (nSPS) is 31.0. The van der Waals surface area contributed by atoms with Crippen LogP contribution in [-0.4, -0.2) is 33.2 Å². The van der Waals surface area contributed by atoms with E-state index in [-0.39, 0.29) is 28.1 Å². The van der Waals surface area contributed by atoms with E-state index in [0.29, 0.717) is 43.9 Å². The maximum atomic E-state index is 14.3. The molecule has 4 bridgehead atoms. The Kier molecular flexibility index (Phi) is 6.35. The SMILES string of the molecule is CC(C)c1nc(-c2cccc(N(CC34CCC(c5ccc(C(F)(F)F)cn5)(CC3)CC4)C(=O)CC34CC(F)(C3)C4)c2)no1. The minimum absolute atomic E-state index is 0.0103. The Hall–Kier alpha value is -3.30. The van der Waals surface area contributed by atoms with Crippen LogP contribution in [0.4, 0.5) is 23.2 Å². The first kappa shape index (κ1) is 28.5. The fraction of sp³-hybridized carbons (Fsp3) is 0.576. The van der Waals surface area contributed by atoms with Gasteiger partial charge in [-0.2, -0.15) is 18.2 Å². The van der Waals surface area contributed by atoms with Gasteiger partial charge in [0.2, 0.25) is 17.6 Å². The molecular weight excluding hydrogens is 560 g/mol. The van der Waals surface area contributed by atoms with E-state index in [4.69, 9.17) is 4.52 Å². The summed E-state index contributed by atoms with van der Waals surface area (Å²) in [4.78, 5) is 24.7. The van der Waals surface area contributed by atoms with Crippen molar-refractivity contribution in [3.8, 4) is 11.4 Å². The summed E-state index contributed by atoms with van der Waals surface area (Å²) in [5.41, 5.74) is -0.0862. The van der Waals surface area contributed by atoms with Crippen molar-refractivity contribution >= 4 is 11.6 Å². The summed E-state index contributed by atoms with van der Waals surface area (Å²) in [7, 11) is 0. The minimum atomic E-state index is -4.41. The number of anilines is 1. The van der Waals surface area contributed by atoms with E-state index in [1.807, 2.05) is 43.0 Å². The molecule has 1 aromatic carbocycles. The van der Waals surface area contributed by atoms with Gasteiger partial charge in [-0.25, -0.2) is 4.39 Å². The highest BCUT2D eigenvalue weighted by atomic mass is 19.4. The molecular formula is C33H36F4N4O2. The van der Waals surface area contributed by atoms with Crippen molar-refractivity contribution in [3.05, 3.63) is 59.7 Å². The third-order valence-electron chi connectivity index (χ3n) is 10.8. The van der Waals surface area contributed by atoms with Gasteiger partial charge < -0.3 is 9.42 Å². The van der Waals surface area contributed by atoms with Gasteiger partial charge >= 0.3 is 6.18 Å². The molecule has 3 aromatic rings. The highest BCUT2D eigenvalue weighted by Crippen LogP contribution is 2.71. The minimum Gasteiger partial charge on any atom is -0.339 e. The number of carbonyl (C=O) groups is 1. The van der Waals surface area contributed by atoms with Crippen LogP contribution in [0.25, 0.3) is 11.4 Å². The van der Waals surface area contributed by atoms with Crippen LogP contribution in [0.5, 0.6) is 0 Å². The summed E-state index contributed by atoms with van der Waals surface area (Å²) in [6.07, 6.45) is 3.33. The van der Waals surface area contributed by atoms with Gasteiger partial charge in [0.25, 0.3) is 0 Å². The Balaban J connectivity index is 1.13. The third kappa shape index (κ3) is 4.94. The average Bonchev–Trinajstić information content (AvgIpc) is 3.46. The van der Waals surface area contributed by atoms with Crippen LogP contribution >= 0.6 is 0 Å². The van der Waals surface area contributed by atoms with Crippen LogP contribution in [0.3, 0.4) is 0 Å². The second-order valence-corrected chi connectivity index (χ2v) is 14.2. The lowest BCUT2D eigenvalue weighted by Gasteiger charge is -2.66. The predicted octanol–water partition coefficient (Wildman–Crippen LogP) is 8.18. The van der Waals surface area contributed by atoms with Crippen LogP contribution in [0.1, 0.15) is 101 Å². The van der Waals surface area contributed by atoms with Crippen LogP contribution < -0.4 is 4.90 Å². The molecule has 2 heterocycles. The molecule has 2 aromatic heterocycles. The number of benzene rings is 1. The van der Waals surface area contributed by atoms with E-state index >= 15 is 0 Å². The molecule has 0 atom stereocenters. The highest BCUT2D eigenvalue weighted by molar-refractivity contribution is 5.94. The van der Waals surface area contributed by atoms with Gasteiger partial charge in [0.05, 0.1) is 5.56 Å². The van der Waals surface area contributed by atoms with Crippen molar-refractivity contribution in [3.63, 3.8) is 0 Å². The van der Waals surface area contributed by atoms with Gasteiger partial charge in [0.1, 0.15) is 5.67 Å². The second-order valence-electron chi connectivity index (χ2n) is 14.2. The van der Waals surface area contributed by atoms with Crippen LogP contribution in [-0.2, 0) is 16.4 Å². The number of nitrogens with zero attached hydrogens (tertiary/aromatic N) is 4. The summed E-state index contributed by atoms with van der Waals surface area (Å²) in [6, 6.07) is 10.4. The molecule has 0 N–H and O–H groups in total. The maximum absolute atomic E-state index is 14.3. The highest BCUT2D eigenvalue weighted by Gasteiger charge is 2.69. The lowest BCUT2D eigenvalue weighted by Crippen LogP contribution is -2.65. The quantitative estimate of drug-likeness (QED) is 0.245. The zero-order chi connectivity index (χ0) is 30.3. The maximum Gasteiger partial charge on any atom is 0.417 e. The number of halogens is 4. The first-order valence-electron chi connectivity index (χ1n) is 15.3. The number of rotatable bonds is 8. The number of alkyl halides is 4. The predicted molar refractivity (Wildman–Crippen MR) is 152 cm³/mol. The van der Waals surface area contributed by atoms with Crippen molar-refractivity contribution in [1.82, 2.24) is 15.1 Å². The Bertz CT molecular complexity index is 1500. The number of pyridine rings is 1. The summed E-state index contributed by atoms with van der Waals surface area (Å²) < 4.78 is 59.1. The Morgan fingerprint density at radius 3 is 2.26 bits per heavy atom. The fourth-order valence-corrected chi connectivity index (χ4v) is 8.28. The smallest absolute Gasteiger partial charge is 0.339 e. The standard InChI is InChI=1S/C33H36F4N4O2/c1-21(2)28-39-27(40-43-28)22-4-3-5-24(14-22)41(26(42)15-30-17-32(34,18-30)19-30)20-29-8-11-31(12-9-29,13-10-29)25-7-6-23(16-38-25)33(35,36)37/h3-7,14,16,21H,8-13,15,17-20H2,1-2H3. The van der Waals surface area contributed by atoms with Crippen molar-refractivity contribution < 1.29 is 26.9 Å². The lowest BCUT2D eigenvalue weighted by molar-refractivity contribution is -0.215. The topological polar surface area (TPSA) is 72.1 Å². The fourth-order valence-electron chi connectivity index (χ4n) is 8.28. The van der Waals surface area contributed by atoms with E-state index in [0.717, 1.165) is 67.7 Å². The number of fused-ring (bicyclic) bond motifs is 3. The molecule has 6 saturated carbocycles. The zero-order valence-electron chi connectivity index (χ0n) is 24.5. The zero-order valence-corrected chi connectivity index (χ0v) is 24.5. The van der Waals surface area contributed by atoms with Crippen LogP contribution in [0.2, 0.25) is 0 Å². The van der Waals surface area contributed by atoms with Crippen LogP contribution in [0, 0.1) is 10.8 Å². The number of hydrogen-bond acceptors (Lipinski definition) is 5. The Morgan fingerprint density at radius 2 is 1.70 bits per heavy atom. The molecule has 6 fully saturated rings. The first-order chi connectivity index (χ1) is 20.3. The van der Waals surface area contributed by atoms with Gasteiger partial charge in [0.15, 0.2) is 0 Å². The number of aromatic nitrogens is 3. The summed E-state index contributed by atoms with van der Waals surface area (Å²) in [5, 5.41) is 4.16. The van der Waals surface area contributed by atoms with Gasteiger partial charge in [0, 0.05) is 47.4 Å². The largest absolute Gasteiger partial charge is 0.417 e. The molecule has 6 aliphatic carbocycles. The van der Waals surface area contributed by atoms with Crippen molar-refractivity contribution in [2.45, 2.75) is 101 Å². The molecule has 1 amide bonds. The molecule has 10 heteroatoms. The van der Waals surface area contributed by atoms with Gasteiger partial charge in [-0.3, -0.25) is 9.78 Å². The molecule has 228 valence electrons. The molecule has 0 unspecified atom stereocenters. The van der Waals surface area contributed by atoms with E-state index in [1.54, 1.807) is 6.07 Å². The van der Waals surface area contributed by atoms with E-state index in [1.165, 1.54) is 0 Å². The molecule has 0 radical (unpaired) electrons. The molecule has 0 aliphatic heterocycles. The molecule has 9 rings (SSSR count). The summed E-state index contributed by atoms with van der Waals surface area (Å²) in [5.74, 6) is 1.12. The van der Waals surface area contributed by atoms with Gasteiger partial charge in [-0.15, -0.1) is 0 Å². The molecule has 6 nitrogen and oxygen atoms in total. The van der Waals surface area contributed by atoms with E-state index < -0.39 is 17.4 Å². The van der Waals surface area contributed by atoms with Crippen molar-refractivity contribution in [1.29, 1.82) is 0 Å². The van der Waals surface area contributed by atoms with Crippen LogP contribution in [0.15, 0.2) is 47.1 Å². The van der Waals surface area contributed by atoms with E-state index in [9.17, 15) is 22.4 Å². The number of carbonyl (C=O) groups excluding carboxylic acids is 1. The Labute approximate surface area is 248 Å². The first-order valence-corrected chi connectivity index (χ1v) is 15.3. The average molecular weight is 597 g/mol. The molecule has 6 aliphatic rings. The molecule has 0 spiro atoms. The molecule has 0 saturated heterocycles. The van der Waals surface area contributed by atoms with Crippen molar-refractivity contribution in [2.75, 3.05) is 11.4 Å². The summed E-state index contributed by atoms with van der Waals surface area (Å²) >= 11 is 0. The Morgan fingerprint density at radius 1 is 1.00 bits per heavy atom. The van der Waals surface area contributed by atoms with Gasteiger partial charge in [-0.1, -0.05) is 31.1 Å². The van der Waals surface area contributed by atoms with Gasteiger partial charge in [-0.05, 0) is 92.9 Å². The molecule has 43 heavy (non-hydrogen) atoms. The second kappa shape index (κ2) is 9.60. The number of amides is 1. The third-order valence-corrected chi connectivity index (χ3v) is 10.8.